The molecule has 1 aliphatic rings. The maximum atomic E-state index is 12.8. The van der Waals surface area contributed by atoms with Crippen molar-refractivity contribution in [3.8, 4) is 0 Å². The summed E-state index contributed by atoms with van der Waals surface area (Å²) in [6.07, 6.45) is 3.09. The summed E-state index contributed by atoms with van der Waals surface area (Å²) in [4.78, 5) is 19.8. The first-order chi connectivity index (χ1) is 11.4. The fourth-order valence-electron chi connectivity index (χ4n) is 2.86. The number of nitrogens with one attached hydrogen (secondary N) is 1. The van der Waals surface area contributed by atoms with Crippen LogP contribution >= 0.6 is 0 Å². The van der Waals surface area contributed by atoms with Crippen molar-refractivity contribution in [2.24, 2.45) is 0 Å². The van der Waals surface area contributed by atoms with Gasteiger partial charge in [-0.25, -0.2) is 9.97 Å². The van der Waals surface area contributed by atoms with Gasteiger partial charge >= 0.3 is 0 Å². The Hall–Kier alpha value is -1.58. The molecule has 0 spiro atoms. The molecule has 0 saturated carbocycles. The van der Waals surface area contributed by atoms with E-state index in [2.05, 4.69) is 15.3 Å². The number of carbonyl (C=O) groups excluding carboxylic acids is 1. The van der Waals surface area contributed by atoms with Crippen LogP contribution in [0.15, 0.2) is 12.3 Å². The fraction of sp³-hybridized carbons (Fsp3) is 0.667. The summed E-state index contributed by atoms with van der Waals surface area (Å²) < 4.78 is 28.6. The highest BCUT2D eigenvalue weighted by atomic mass is 32.2. The summed E-state index contributed by atoms with van der Waals surface area (Å²) in [6, 6.07) is 1.37. The Morgan fingerprint density at radius 1 is 1.42 bits per heavy atom. The van der Waals surface area contributed by atoms with Crippen LogP contribution in [0.4, 0.5) is 0 Å². The number of aromatic nitrogens is 2. The van der Waals surface area contributed by atoms with Gasteiger partial charge in [0, 0.05) is 32.8 Å². The molecule has 1 saturated heterocycles. The van der Waals surface area contributed by atoms with Crippen molar-refractivity contribution < 1.29 is 13.2 Å². The third kappa shape index (κ3) is 4.08. The van der Waals surface area contributed by atoms with Crippen molar-refractivity contribution in [2.45, 2.75) is 46.2 Å². The van der Waals surface area contributed by atoms with Crippen LogP contribution in [-0.2, 0) is 21.5 Å². The van der Waals surface area contributed by atoms with Gasteiger partial charge in [-0.3, -0.25) is 4.79 Å². The molecule has 1 atom stereocenters. The molecule has 1 amide bonds. The molecule has 1 aromatic rings. The van der Waals surface area contributed by atoms with Gasteiger partial charge in [-0.15, -0.1) is 0 Å². The molecule has 24 heavy (non-hydrogen) atoms. The van der Waals surface area contributed by atoms with E-state index in [4.69, 9.17) is 0 Å². The molecular weight excluding hydrogens is 330 g/mol. The molecule has 0 aromatic carbocycles. The van der Waals surface area contributed by atoms with Crippen molar-refractivity contribution in [1.82, 2.24) is 23.9 Å². The highest BCUT2D eigenvalue weighted by molar-refractivity contribution is 7.86. The second-order valence-corrected chi connectivity index (χ2v) is 7.56. The van der Waals surface area contributed by atoms with Gasteiger partial charge in [0.2, 0.25) is 5.91 Å². The van der Waals surface area contributed by atoms with Gasteiger partial charge in [-0.05, 0) is 18.9 Å². The summed E-state index contributed by atoms with van der Waals surface area (Å²) in [5, 5.41) is 2.69. The first kappa shape index (κ1) is 18.8. The molecule has 134 valence electrons. The Morgan fingerprint density at radius 3 is 2.75 bits per heavy atom. The Labute approximate surface area is 143 Å². The number of hydrogen-bond donors (Lipinski definition) is 1. The summed E-state index contributed by atoms with van der Waals surface area (Å²) in [7, 11) is -3.52. The standard InChI is InChI=1S/C15H25N5O3S/c1-4-19(5-2)24(22,23)20-10-6-7-14(20)15-16-9-8-13(18-15)11-17-12(3)21/h8-9,14H,4-7,10-11H2,1-3H3,(H,17,21)/t14-/m0/s1. The molecule has 0 radical (unpaired) electrons. The molecule has 2 heterocycles. The van der Waals surface area contributed by atoms with E-state index < -0.39 is 10.2 Å². The van der Waals surface area contributed by atoms with Gasteiger partial charge in [0.05, 0.1) is 18.3 Å². The molecule has 1 N–H and O–H groups in total. The molecule has 2 rings (SSSR count). The minimum Gasteiger partial charge on any atom is -0.351 e. The summed E-state index contributed by atoms with van der Waals surface area (Å²) in [5.41, 5.74) is 0.669. The van der Waals surface area contributed by atoms with Crippen molar-refractivity contribution in [3.63, 3.8) is 0 Å². The topological polar surface area (TPSA) is 95.5 Å². The van der Waals surface area contributed by atoms with E-state index in [0.29, 0.717) is 44.1 Å². The van der Waals surface area contributed by atoms with Gasteiger partial charge in [0.25, 0.3) is 10.2 Å². The molecular formula is C15H25N5O3S. The van der Waals surface area contributed by atoms with Crippen LogP contribution in [0.1, 0.15) is 51.2 Å². The first-order valence-corrected chi connectivity index (χ1v) is 9.63. The van der Waals surface area contributed by atoms with Crippen molar-refractivity contribution >= 4 is 16.1 Å². The molecule has 1 aliphatic heterocycles. The zero-order valence-corrected chi connectivity index (χ0v) is 15.2. The predicted octanol–water partition coefficient (Wildman–Crippen LogP) is 0.836. The molecule has 0 aliphatic carbocycles. The fourth-order valence-corrected chi connectivity index (χ4v) is 4.69. The van der Waals surface area contributed by atoms with E-state index in [1.807, 2.05) is 13.8 Å². The average Bonchev–Trinajstić information content (AvgIpc) is 3.04. The number of nitrogens with zero attached hydrogens (tertiary/aromatic N) is 4. The van der Waals surface area contributed by atoms with Gasteiger partial charge in [0.1, 0.15) is 5.82 Å². The lowest BCUT2D eigenvalue weighted by Gasteiger charge is -2.29. The predicted molar refractivity (Wildman–Crippen MR) is 90.1 cm³/mol. The molecule has 0 bridgehead atoms. The van der Waals surface area contributed by atoms with Gasteiger partial charge in [0.15, 0.2) is 0 Å². The number of carbonyl (C=O) groups is 1. The van der Waals surface area contributed by atoms with Crippen LogP contribution in [0, 0.1) is 0 Å². The third-order valence-electron chi connectivity index (χ3n) is 4.08. The smallest absolute Gasteiger partial charge is 0.282 e. The van der Waals surface area contributed by atoms with E-state index >= 15 is 0 Å². The minimum absolute atomic E-state index is 0.137. The first-order valence-electron chi connectivity index (χ1n) is 8.23. The van der Waals surface area contributed by atoms with Crippen LogP contribution < -0.4 is 5.32 Å². The lowest BCUT2D eigenvalue weighted by atomic mass is 10.2. The highest BCUT2D eigenvalue weighted by Gasteiger charge is 2.39. The third-order valence-corrected chi connectivity index (χ3v) is 6.28. The van der Waals surface area contributed by atoms with Crippen LogP contribution in [0.25, 0.3) is 0 Å². The van der Waals surface area contributed by atoms with E-state index in [0.717, 1.165) is 6.42 Å². The summed E-state index contributed by atoms with van der Waals surface area (Å²) in [6.45, 7) is 6.75. The number of hydrogen-bond acceptors (Lipinski definition) is 5. The van der Waals surface area contributed by atoms with Gasteiger partial charge in [-0.1, -0.05) is 13.8 Å². The molecule has 0 unspecified atom stereocenters. The minimum atomic E-state index is -3.52. The lowest BCUT2D eigenvalue weighted by molar-refractivity contribution is -0.119. The number of rotatable bonds is 7. The second kappa shape index (κ2) is 8.00. The largest absolute Gasteiger partial charge is 0.351 e. The Morgan fingerprint density at radius 2 is 2.12 bits per heavy atom. The van der Waals surface area contributed by atoms with Crippen molar-refractivity contribution in [3.05, 3.63) is 23.8 Å². The average molecular weight is 355 g/mol. The monoisotopic (exact) mass is 355 g/mol. The maximum absolute atomic E-state index is 12.8. The number of amides is 1. The lowest BCUT2D eigenvalue weighted by Crippen LogP contribution is -2.43. The zero-order chi connectivity index (χ0) is 17.7. The van der Waals surface area contributed by atoms with Crippen LogP contribution in [0.3, 0.4) is 0 Å². The zero-order valence-electron chi connectivity index (χ0n) is 14.4. The molecule has 1 aromatic heterocycles. The van der Waals surface area contributed by atoms with Crippen molar-refractivity contribution in [2.75, 3.05) is 19.6 Å². The van der Waals surface area contributed by atoms with Crippen LogP contribution in [0.2, 0.25) is 0 Å². The highest BCUT2D eigenvalue weighted by Crippen LogP contribution is 2.33. The second-order valence-electron chi connectivity index (χ2n) is 5.68. The SMILES string of the molecule is CCN(CC)S(=O)(=O)N1CCC[C@H]1c1nccc(CNC(C)=O)n1. The Balaban J connectivity index is 2.24. The van der Waals surface area contributed by atoms with E-state index in [9.17, 15) is 13.2 Å². The Kier molecular flexibility index (Phi) is 6.25. The van der Waals surface area contributed by atoms with Crippen LogP contribution in [0.5, 0.6) is 0 Å². The summed E-state index contributed by atoms with van der Waals surface area (Å²) in [5.74, 6) is 0.354. The quantitative estimate of drug-likeness (QED) is 0.782. The Bertz CT molecular complexity index is 675. The molecule has 8 nitrogen and oxygen atoms in total. The molecule has 9 heteroatoms. The maximum Gasteiger partial charge on any atom is 0.282 e. The normalized spacial score (nSPS) is 18.9. The van der Waals surface area contributed by atoms with Gasteiger partial charge in [-0.2, -0.15) is 17.0 Å². The summed E-state index contributed by atoms with van der Waals surface area (Å²) >= 11 is 0. The van der Waals surface area contributed by atoms with Crippen molar-refractivity contribution in [1.29, 1.82) is 0 Å². The van der Waals surface area contributed by atoms with E-state index in [-0.39, 0.29) is 11.9 Å². The molecule has 1 fully saturated rings. The van der Waals surface area contributed by atoms with E-state index in [1.54, 1.807) is 12.3 Å². The van der Waals surface area contributed by atoms with Crippen LogP contribution in [-0.4, -0.2) is 52.5 Å². The van der Waals surface area contributed by atoms with E-state index in [1.165, 1.54) is 15.5 Å². The van der Waals surface area contributed by atoms with Gasteiger partial charge < -0.3 is 5.32 Å².